The van der Waals surface area contributed by atoms with Gasteiger partial charge < -0.3 is 5.11 Å². The van der Waals surface area contributed by atoms with E-state index in [1.807, 2.05) is 0 Å². The number of allylic oxidation sites excluding steroid dienone is 1. The van der Waals surface area contributed by atoms with Crippen LogP contribution in [0.15, 0.2) is 17.1 Å². The summed E-state index contributed by atoms with van der Waals surface area (Å²) in [6, 6.07) is 0. The molecule has 0 bridgehead atoms. The fourth-order valence-corrected chi connectivity index (χ4v) is 0.357. The number of hydrazine groups is 1. The highest BCUT2D eigenvalue weighted by atomic mass is 35.5. The number of aliphatic hydroxyl groups is 1. The van der Waals surface area contributed by atoms with Crippen LogP contribution in [0.2, 0.25) is 0 Å². The molecule has 2 N–H and O–H groups in total. The number of hydrogen-bond acceptors (Lipinski definition) is 4. The van der Waals surface area contributed by atoms with Gasteiger partial charge in [0.2, 0.25) is 5.88 Å². The van der Waals surface area contributed by atoms with Crippen LogP contribution in [0.3, 0.4) is 0 Å². The van der Waals surface area contributed by atoms with Gasteiger partial charge in [0.15, 0.2) is 0 Å². The van der Waals surface area contributed by atoms with Crippen molar-refractivity contribution < 1.29 is 5.11 Å². The smallest absolute Gasteiger partial charge is 0.225 e. The highest BCUT2D eigenvalue weighted by Gasteiger charge is 2.03. The summed E-state index contributed by atoms with van der Waals surface area (Å²) in [6.45, 7) is 0. The van der Waals surface area contributed by atoms with Gasteiger partial charge in [0, 0.05) is 17.9 Å². The number of rotatable bonds is 0. The Kier molecular flexibility index (Phi) is 1.26. The largest absolute Gasteiger partial charge is 0.493 e. The Morgan fingerprint density at radius 2 is 2.75 bits per heavy atom. The summed E-state index contributed by atoms with van der Waals surface area (Å²) in [6.07, 6.45) is 3.58. The number of halogens is 1. The predicted octanol–water partition coefficient (Wildman–Crippen LogP) is 0.223. The minimum atomic E-state index is -0.123. The summed E-state index contributed by atoms with van der Waals surface area (Å²) in [4.78, 5) is 0. The van der Waals surface area contributed by atoms with Gasteiger partial charge in [0.25, 0.3) is 0 Å². The minimum absolute atomic E-state index is 0.123. The molecule has 0 amide bonds. The fourth-order valence-electron chi connectivity index (χ4n) is 0.271. The third-order valence-corrected chi connectivity index (χ3v) is 0.846. The van der Waals surface area contributed by atoms with Crippen molar-refractivity contribution in [3.8, 4) is 0 Å². The Morgan fingerprint density at radius 3 is 3.12 bits per heavy atom. The number of hydrogen-bond donors (Lipinski definition) is 2. The molecule has 0 aliphatic carbocycles. The van der Waals surface area contributed by atoms with E-state index in [2.05, 4.69) is 16.9 Å². The average molecular weight is 133 g/mol. The number of nitrogens with zero attached hydrogens (tertiary/aromatic N) is 2. The fraction of sp³-hybridized carbons (Fsp3) is 0. The van der Waals surface area contributed by atoms with Gasteiger partial charge in [-0.05, 0) is 0 Å². The van der Waals surface area contributed by atoms with Gasteiger partial charge in [-0.15, -0.1) is 4.53 Å². The SMILES string of the molecule is OC1=C[C]=NNN1Cl. The maximum Gasteiger partial charge on any atom is 0.225 e. The van der Waals surface area contributed by atoms with Crippen LogP contribution in [-0.4, -0.2) is 15.8 Å². The molecule has 1 rings (SSSR count). The second-order valence-corrected chi connectivity index (χ2v) is 1.46. The number of aliphatic hydroxyl groups excluding tert-OH is 1. The van der Waals surface area contributed by atoms with Crippen molar-refractivity contribution in [1.82, 2.24) is 10.1 Å². The molecule has 1 aliphatic rings. The molecule has 1 radical (unpaired) electrons. The van der Waals surface area contributed by atoms with Crippen LogP contribution < -0.4 is 5.53 Å². The molecule has 0 unspecified atom stereocenters. The Morgan fingerprint density at radius 1 is 2.00 bits per heavy atom. The van der Waals surface area contributed by atoms with E-state index in [0.717, 1.165) is 4.53 Å². The summed E-state index contributed by atoms with van der Waals surface area (Å²) in [5.41, 5.74) is 2.23. The first kappa shape index (κ1) is 5.24. The molecule has 0 fully saturated rings. The summed E-state index contributed by atoms with van der Waals surface area (Å²) >= 11 is 5.24. The highest BCUT2D eigenvalue weighted by Crippen LogP contribution is 2.00. The lowest BCUT2D eigenvalue weighted by molar-refractivity contribution is 0.241. The van der Waals surface area contributed by atoms with Crippen molar-refractivity contribution >= 4 is 18.0 Å². The zero-order valence-corrected chi connectivity index (χ0v) is 4.55. The van der Waals surface area contributed by atoms with Crippen LogP contribution in [0.25, 0.3) is 0 Å². The Bertz CT molecular complexity index is 143. The van der Waals surface area contributed by atoms with Crippen LogP contribution in [0.1, 0.15) is 0 Å². The van der Waals surface area contributed by atoms with E-state index in [4.69, 9.17) is 16.9 Å². The summed E-state index contributed by atoms with van der Waals surface area (Å²) in [7, 11) is 0. The molecule has 0 atom stereocenters. The molecule has 1 aliphatic heterocycles. The first-order valence-electron chi connectivity index (χ1n) is 1.86. The lowest BCUT2D eigenvalue weighted by Gasteiger charge is -2.13. The van der Waals surface area contributed by atoms with E-state index in [-0.39, 0.29) is 5.88 Å². The quantitative estimate of drug-likeness (QED) is 0.464. The van der Waals surface area contributed by atoms with Crippen LogP contribution >= 0.6 is 11.8 Å². The zero-order valence-electron chi connectivity index (χ0n) is 3.80. The van der Waals surface area contributed by atoms with Crippen LogP contribution in [0, 0.1) is 0 Å². The molecular weight excluding hydrogens is 130 g/mol. The molecule has 0 spiro atoms. The number of hydrazone groups is 1. The molecule has 0 aromatic heterocycles. The van der Waals surface area contributed by atoms with Gasteiger partial charge in [-0.2, -0.15) is 10.6 Å². The van der Waals surface area contributed by atoms with Gasteiger partial charge in [-0.25, -0.2) is 0 Å². The van der Waals surface area contributed by atoms with E-state index in [0.29, 0.717) is 0 Å². The van der Waals surface area contributed by atoms with E-state index in [9.17, 15) is 0 Å². The maximum atomic E-state index is 8.65. The molecule has 43 valence electrons. The molecule has 0 saturated heterocycles. The van der Waals surface area contributed by atoms with E-state index < -0.39 is 0 Å². The summed E-state index contributed by atoms with van der Waals surface area (Å²) in [5.74, 6) is -0.123. The first-order valence-corrected chi connectivity index (χ1v) is 2.20. The summed E-state index contributed by atoms with van der Waals surface area (Å²) in [5, 5.41) is 12.0. The number of nitrogens with one attached hydrogen (secondary N) is 1. The molecule has 0 aromatic rings. The third kappa shape index (κ3) is 0.840. The second kappa shape index (κ2) is 1.92. The molecule has 0 saturated carbocycles. The van der Waals surface area contributed by atoms with Crippen LogP contribution in [-0.2, 0) is 0 Å². The van der Waals surface area contributed by atoms with Gasteiger partial charge >= 0.3 is 0 Å². The lowest BCUT2D eigenvalue weighted by atomic mass is 10.6. The van der Waals surface area contributed by atoms with E-state index in [1.165, 1.54) is 6.08 Å². The van der Waals surface area contributed by atoms with Crippen molar-refractivity contribution in [2.75, 3.05) is 0 Å². The van der Waals surface area contributed by atoms with Crippen molar-refractivity contribution in [1.29, 1.82) is 0 Å². The summed E-state index contributed by atoms with van der Waals surface area (Å²) < 4.78 is 0.844. The Labute approximate surface area is 51.1 Å². The Hall–Kier alpha value is -0.900. The lowest BCUT2D eigenvalue weighted by Crippen LogP contribution is -2.26. The topological polar surface area (TPSA) is 47.9 Å². The third-order valence-electron chi connectivity index (χ3n) is 0.597. The molecular formula is C3H3ClN3O. The second-order valence-electron chi connectivity index (χ2n) is 1.12. The van der Waals surface area contributed by atoms with Crippen LogP contribution in [0.5, 0.6) is 0 Å². The standard InChI is InChI=1S/C3H3ClN3O/c4-7-3(8)1-2-5-6-7/h1,6,8H. The van der Waals surface area contributed by atoms with Crippen molar-refractivity contribution in [3.63, 3.8) is 0 Å². The van der Waals surface area contributed by atoms with Gasteiger partial charge in [-0.1, -0.05) is 0 Å². The average Bonchev–Trinajstić information content (AvgIpc) is 1.77. The normalized spacial score (nSPS) is 17.6. The zero-order chi connectivity index (χ0) is 5.98. The molecule has 5 heteroatoms. The first-order chi connectivity index (χ1) is 3.80. The molecule has 0 aromatic carbocycles. The molecule has 1 heterocycles. The van der Waals surface area contributed by atoms with Crippen molar-refractivity contribution in [2.45, 2.75) is 0 Å². The minimum Gasteiger partial charge on any atom is -0.493 e. The maximum absolute atomic E-state index is 8.65. The van der Waals surface area contributed by atoms with Gasteiger partial charge in [-0.3, -0.25) is 0 Å². The van der Waals surface area contributed by atoms with Crippen molar-refractivity contribution in [2.24, 2.45) is 5.10 Å². The van der Waals surface area contributed by atoms with E-state index in [1.54, 1.807) is 0 Å². The van der Waals surface area contributed by atoms with Crippen molar-refractivity contribution in [3.05, 3.63) is 12.0 Å². The van der Waals surface area contributed by atoms with Gasteiger partial charge in [0.1, 0.15) is 6.21 Å². The van der Waals surface area contributed by atoms with Crippen LogP contribution in [0.4, 0.5) is 0 Å². The predicted molar refractivity (Wildman–Crippen MR) is 29.0 cm³/mol. The molecule has 8 heavy (non-hydrogen) atoms. The Balaban J connectivity index is 2.66. The van der Waals surface area contributed by atoms with Gasteiger partial charge in [0.05, 0.1) is 0 Å². The monoisotopic (exact) mass is 132 g/mol. The highest BCUT2D eigenvalue weighted by molar-refractivity contribution is 6.14. The van der Waals surface area contributed by atoms with E-state index >= 15 is 0 Å². The molecule has 4 nitrogen and oxygen atoms in total.